The van der Waals surface area contributed by atoms with Crippen LogP contribution in [0.1, 0.15) is 29.8 Å². The molecule has 0 aliphatic rings. The highest BCUT2D eigenvalue weighted by Gasteiger charge is 2.18. The van der Waals surface area contributed by atoms with Crippen molar-refractivity contribution in [2.24, 2.45) is 0 Å². The van der Waals surface area contributed by atoms with Gasteiger partial charge in [0.25, 0.3) is 5.91 Å². The van der Waals surface area contributed by atoms with E-state index in [9.17, 15) is 14.7 Å². The van der Waals surface area contributed by atoms with Crippen molar-refractivity contribution in [1.29, 1.82) is 0 Å². The molecule has 1 atom stereocenters. The second-order valence-corrected chi connectivity index (χ2v) is 6.38. The van der Waals surface area contributed by atoms with Gasteiger partial charge in [0.2, 0.25) is 0 Å². The number of rotatable bonds is 8. The van der Waals surface area contributed by atoms with E-state index in [0.29, 0.717) is 23.7 Å². The van der Waals surface area contributed by atoms with Gasteiger partial charge in [-0.15, -0.1) is 0 Å². The number of benzene rings is 2. The summed E-state index contributed by atoms with van der Waals surface area (Å²) in [5, 5.41) is 9.30. The predicted molar refractivity (Wildman–Crippen MR) is 108 cm³/mol. The zero-order chi connectivity index (χ0) is 20.7. The number of carbonyl (C=O) groups excluding carboxylic acids is 2. The van der Waals surface area contributed by atoms with Crippen molar-refractivity contribution >= 4 is 17.8 Å². The molecule has 28 heavy (non-hydrogen) atoms. The van der Waals surface area contributed by atoms with Crippen molar-refractivity contribution in [3.63, 3.8) is 0 Å². The Morgan fingerprint density at radius 3 is 2.39 bits per heavy atom. The van der Waals surface area contributed by atoms with Crippen LogP contribution in [-0.2, 0) is 4.79 Å². The highest BCUT2D eigenvalue weighted by molar-refractivity contribution is 6.06. The van der Waals surface area contributed by atoms with Gasteiger partial charge in [0, 0.05) is 19.7 Å². The van der Waals surface area contributed by atoms with E-state index in [1.807, 2.05) is 6.92 Å². The van der Waals surface area contributed by atoms with Crippen LogP contribution < -0.4 is 9.47 Å². The molecule has 6 heteroatoms. The Labute approximate surface area is 165 Å². The Hall–Kier alpha value is -3.28. The lowest BCUT2D eigenvalue weighted by molar-refractivity contribution is -0.135. The van der Waals surface area contributed by atoms with E-state index in [2.05, 4.69) is 0 Å². The number of hydrogen-bond acceptors (Lipinski definition) is 5. The van der Waals surface area contributed by atoms with Crippen molar-refractivity contribution in [3.05, 3.63) is 59.7 Å². The van der Waals surface area contributed by atoms with Crippen LogP contribution in [0.15, 0.2) is 48.5 Å². The fraction of sp³-hybridized carbons (Fsp3) is 0.273. The summed E-state index contributed by atoms with van der Waals surface area (Å²) in [7, 11) is 3.34. The fourth-order valence-electron chi connectivity index (χ4n) is 2.49. The summed E-state index contributed by atoms with van der Waals surface area (Å²) < 4.78 is 11.4. The third-order valence-electron chi connectivity index (χ3n) is 3.94. The maximum absolute atomic E-state index is 12.2. The lowest BCUT2D eigenvalue weighted by atomic mass is 10.1. The topological polar surface area (TPSA) is 76.1 Å². The molecule has 0 fully saturated rings. The number of carbonyl (C=O) groups is 2. The van der Waals surface area contributed by atoms with Crippen LogP contribution in [0.2, 0.25) is 0 Å². The average Bonchev–Trinajstić information content (AvgIpc) is 2.67. The number of phenols is 1. The van der Waals surface area contributed by atoms with Crippen molar-refractivity contribution in [3.8, 4) is 17.2 Å². The molecule has 148 valence electrons. The molecule has 2 aromatic carbocycles. The van der Waals surface area contributed by atoms with Gasteiger partial charge in [0.15, 0.2) is 23.4 Å². The number of nitrogens with zero attached hydrogens (tertiary/aromatic N) is 1. The summed E-state index contributed by atoms with van der Waals surface area (Å²) in [6.45, 7) is 3.98. The number of ketones is 1. The number of phenolic OH excluding ortho intramolecular Hbond substituents is 1. The molecule has 1 unspecified atom stereocenters. The first-order chi connectivity index (χ1) is 13.3. The lowest BCUT2D eigenvalue weighted by Crippen LogP contribution is -2.35. The monoisotopic (exact) mass is 383 g/mol. The molecular formula is C22H25NO5. The smallest absolute Gasteiger partial charge is 0.262 e. The number of aromatic hydroxyl groups is 1. The number of hydrogen-bond donors (Lipinski definition) is 1. The van der Waals surface area contributed by atoms with Gasteiger partial charge in [-0.1, -0.05) is 12.1 Å². The molecule has 0 saturated carbocycles. The Morgan fingerprint density at radius 1 is 1.11 bits per heavy atom. The lowest BCUT2D eigenvalue weighted by Gasteiger charge is -2.20. The molecule has 2 rings (SSSR count). The Bertz CT molecular complexity index is 856. The number of amides is 1. The number of likely N-dealkylation sites (N-methyl/N-ethyl adjacent to an activating group) is 1. The normalized spacial score (nSPS) is 11.9. The van der Waals surface area contributed by atoms with E-state index in [-0.39, 0.29) is 17.4 Å². The second kappa shape index (κ2) is 9.60. The molecule has 0 spiro atoms. The molecule has 0 radical (unpaired) electrons. The van der Waals surface area contributed by atoms with Gasteiger partial charge in [-0.2, -0.15) is 0 Å². The number of allylic oxidation sites excluding steroid dienone is 1. The van der Waals surface area contributed by atoms with Gasteiger partial charge in [-0.3, -0.25) is 9.59 Å². The van der Waals surface area contributed by atoms with Crippen LogP contribution in [0.25, 0.3) is 6.08 Å². The molecule has 0 bridgehead atoms. The maximum Gasteiger partial charge on any atom is 0.262 e. The van der Waals surface area contributed by atoms with Crippen LogP contribution in [-0.4, -0.2) is 48.5 Å². The Balaban J connectivity index is 2.17. The summed E-state index contributed by atoms with van der Waals surface area (Å²) in [5.74, 6) is 0.751. The molecule has 2 aromatic rings. The standard InChI is InChI=1S/C22H25NO5/c1-5-27-21-14-16(6-12-19(25)17-8-10-18(24)11-9-17)7-13-20(21)28-15(2)22(26)23(3)4/h6-15,24H,5H2,1-4H3/b12-6+. The molecule has 6 nitrogen and oxygen atoms in total. The largest absolute Gasteiger partial charge is 0.508 e. The van der Waals surface area contributed by atoms with E-state index >= 15 is 0 Å². The summed E-state index contributed by atoms with van der Waals surface area (Å²) >= 11 is 0. The van der Waals surface area contributed by atoms with Gasteiger partial charge in [-0.25, -0.2) is 0 Å². The molecule has 0 saturated heterocycles. The molecule has 1 N–H and O–H groups in total. The van der Waals surface area contributed by atoms with Gasteiger partial charge >= 0.3 is 0 Å². The molecule has 0 heterocycles. The minimum atomic E-state index is -0.647. The highest BCUT2D eigenvalue weighted by atomic mass is 16.5. The van der Waals surface area contributed by atoms with Crippen LogP contribution in [0.5, 0.6) is 17.2 Å². The van der Waals surface area contributed by atoms with Crippen LogP contribution in [0.3, 0.4) is 0 Å². The summed E-state index contributed by atoms with van der Waals surface area (Å²) in [6, 6.07) is 11.3. The second-order valence-electron chi connectivity index (χ2n) is 6.38. The molecule has 0 aliphatic carbocycles. The summed E-state index contributed by atoms with van der Waals surface area (Å²) in [4.78, 5) is 25.7. The Kier molecular flexibility index (Phi) is 7.21. The minimum Gasteiger partial charge on any atom is -0.508 e. The first kappa shape index (κ1) is 21.0. The van der Waals surface area contributed by atoms with Crippen LogP contribution in [0, 0.1) is 0 Å². The third-order valence-corrected chi connectivity index (χ3v) is 3.94. The van der Waals surface area contributed by atoms with E-state index in [1.165, 1.54) is 23.1 Å². The van der Waals surface area contributed by atoms with E-state index < -0.39 is 6.10 Å². The van der Waals surface area contributed by atoms with E-state index in [0.717, 1.165) is 5.56 Å². The van der Waals surface area contributed by atoms with Crippen LogP contribution in [0.4, 0.5) is 0 Å². The van der Waals surface area contributed by atoms with Crippen molar-refractivity contribution in [1.82, 2.24) is 4.90 Å². The summed E-state index contributed by atoms with van der Waals surface area (Å²) in [6.07, 6.45) is 2.48. The molecule has 1 amide bonds. The third kappa shape index (κ3) is 5.61. The summed E-state index contributed by atoms with van der Waals surface area (Å²) in [5.41, 5.74) is 1.24. The van der Waals surface area contributed by atoms with Gasteiger partial charge in [0.05, 0.1) is 6.61 Å². The van der Waals surface area contributed by atoms with E-state index in [1.54, 1.807) is 57.4 Å². The van der Waals surface area contributed by atoms with Gasteiger partial charge in [0.1, 0.15) is 5.75 Å². The first-order valence-electron chi connectivity index (χ1n) is 8.98. The SMILES string of the molecule is CCOc1cc(/C=C/C(=O)c2ccc(O)cc2)ccc1OC(C)C(=O)N(C)C. The quantitative estimate of drug-likeness (QED) is 0.557. The van der Waals surface area contributed by atoms with Gasteiger partial charge < -0.3 is 19.5 Å². The van der Waals surface area contributed by atoms with Crippen molar-refractivity contribution in [2.75, 3.05) is 20.7 Å². The Morgan fingerprint density at radius 2 is 1.79 bits per heavy atom. The zero-order valence-electron chi connectivity index (χ0n) is 16.5. The van der Waals surface area contributed by atoms with Crippen molar-refractivity contribution in [2.45, 2.75) is 20.0 Å². The van der Waals surface area contributed by atoms with Crippen molar-refractivity contribution < 1.29 is 24.2 Å². The first-order valence-corrected chi connectivity index (χ1v) is 8.98. The minimum absolute atomic E-state index is 0.111. The van der Waals surface area contributed by atoms with E-state index in [4.69, 9.17) is 9.47 Å². The molecule has 0 aromatic heterocycles. The van der Waals surface area contributed by atoms with Crippen LogP contribution >= 0.6 is 0 Å². The zero-order valence-corrected chi connectivity index (χ0v) is 16.5. The fourth-order valence-corrected chi connectivity index (χ4v) is 2.49. The van der Waals surface area contributed by atoms with Gasteiger partial charge in [-0.05, 0) is 61.9 Å². The maximum atomic E-state index is 12.2. The molecule has 0 aliphatic heterocycles. The average molecular weight is 383 g/mol. The predicted octanol–water partition coefficient (Wildman–Crippen LogP) is 3.54. The molecular weight excluding hydrogens is 358 g/mol. The highest BCUT2D eigenvalue weighted by Crippen LogP contribution is 2.30. The number of ether oxygens (including phenoxy) is 2.